The number of hydrogen-bond acceptors (Lipinski definition) is 1. The summed E-state index contributed by atoms with van der Waals surface area (Å²) in [7, 11) is 0. The summed E-state index contributed by atoms with van der Waals surface area (Å²) >= 11 is 0. The van der Waals surface area contributed by atoms with Crippen molar-refractivity contribution in [3.8, 4) is 0 Å². The Morgan fingerprint density at radius 3 is 2.67 bits per heavy atom. The summed E-state index contributed by atoms with van der Waals surface area (Å²) in [5.74, 6) is 0.513. The second-order valence-corrected chi connectivity index (χ2v) is 4.43. The van der Waals surface area contributed by atoms with Crippen molar-refractivity contribution in [2.24, 2.45) is 5.73 Å². The summed E-state index contributed by atoms with van der Waals surface area (Å²) in [4.78, 5) is 3.40. The van der Waals surface area contributed by atoms with Crippen molar-refractivity contribution < 1.29 is 0 Å². The fourth-order valence-corrected chi connectivity index (χ4v) is 2.20. The molecule has 0 atom stereocenters. The number of hydrogen-bond donors (Lipinski definition) is 2. The van der Waals surface area contributed by atoms with E-state index in [0.717, 1.165) is 0 Å². The summed E-state index contributed by atoms with van der Waals surface area (Å²) in [6.07, 6.45) is 0. The van der Waals surface area contributed by atoms with Crippen LogP contribution in [0.2, 0.25) is 0 Å². The fraction of sp³-hybridized carbons (Fsp3) is 0.385. The van der Waals surface area contributed by atoms with Crippen LogP contribution < -0.4 is 5.73 Å². The highest BCUT2D eigenvalue weighted by molar-refractivity contribution is 5.85. The van der Waals surface area contributed by atoms with Crippen LogP contribution in [0.25, 0.3) is 10.9 Å². The van der Waals surface area contributed by atoms with E-state index in [1.807, 2.05) is 0 Å². The van der Waals surface area contributed by atoms with Gasteiger partial charge in [0.2, 0.25) is 0 Å². The Labute approximate surface area is 90.5 Å². The number of aromatic nitrogens is 1. The number of H-pyrrole nitrogens is 1. The first kappa shape index (κ1) is 10.2. The van der Waals surface area contributed by atoms with Crippen molar-refractivity contribution in [2.45, 2.75) is 33.2 Å². The van der Waals surface area contributed by atoms with Gasteiger partial charge in [-0.1, -0.05) is 25.5 Å². The van der Waals surface area contributed by atoms with E-state index >= 15 is 0 Å². The van der Waals surface area contributed by atoms with Crippen molar-refractivity contribution in [3.05, 3.63) is 35.0 Å². The summed E-state index contributed by atoms with van der Waals surface area (Å²) in [6.45, 7) is 7.13. The summed E-state index contributed by atoms with van der Waals surface area (Å²) in [5, 5.41) is 1.32. The van der Waals surface area contributed by atoms with Crippen molar-refractivity contribution >= 4 is 10.9 Å². The van der Waals surface area contributed by atoms with Gasteiger partial charge in [0.15, 0.2) is 0 Å². The van der Waals surface area contributed by atoms with Gasteiger partial charge in [0.05, 0.1) is 0 Å². The van der Waals surface area contributed by atoms with E-state index < -0.39 is 0 Å². The molecule has 1 aromatic carbocycles. The van der Waals surface area contributed by atoms with Gasteiger partial charge in [0.1, 0.15) is 0 Å². The third-order valence-electron chi connectivity index (χ3n) is 2.86. The third-order valence-corrected chi connectivity index (χ3v) is 2.86. The molecule has 0 saturated carbocycles. The van der Waals surface area contributed by atoms with Crippen molar-refractivity contribution in [1.82, 2.24) is 4.98 Å². The Kier molecular flexibility index (Phi) is 2.53. The molecule has 15 heavy (non-hydrogen) atoms. The Hall–Kier alpha value is -1.28. The number of aromatic amines is 1. The van der Waals surface area contributed by atoms with Crippen LogP contribution in [0.5, 0.6) is 0 Å². The highest BCUT2D eigenvalue weighted by atomic mass is 14.8. The number of nitrogens with two attached hydrogens (primary N) is 1. The predicted octanol–water partition coefficient (Wildman–Crippen LogP) is 3.06. The molecule has 2 aromatic rings. The molecule has 0 spiro atoms. The molecule has 0 aliphatic rings. The first-order chi connectivity index (χ1) is 7.13. The molecule has 0 unspecified atom stereocenters. The average molecular weight is 202 g/mol. The van der Waals surface area contributed by atoms with Crippen LogP contribution in [0.1, 0.15) is 36.6 Å². The first-order valence-electron chi connectivity index (χ1n) is 5.44. The Morgan fingerprint density at radius 2 is 2.07 bits per heavy atom. The second kappa shape index (κ2) is 3.70. The van der Waals surface area contributed by atoms with E-state index in [2.05, 4.69) is 44.0 Å². The number of fused-ring (bicyclic) bond motifs is 1. The fourth-order valence-electron chi connectivity index (χ4n) is 2.20. The highest BCUT2D eigenvalue weighted by Crippen LogP contribution is 2.29. The molecular weight excluding hydrogens is 184 g/mol. The molecule has 2 rings (SSSR count). The normalized spacial score (nSPS) is 11.5. The number of benzene rings is 1. The van der Waals surface area contributed by atoms with Crippen molar-refractivity contribution in [1.29, 1.82) is 0 Å². The van der Waals surface area contributed by atoms with E-state index in [1.165, 1.54) is 27.7 Å². The molecule has 0 aliphatic heterocycles. The average Bonchev–Trinajstić information content (AvgIpc) is 2.55. The van der Waals surface area contributed by atoms with Gasteiger partial charge in [0.25, 0.3) is 0 Å². The minimum Gasteiger partial charge on any atom is -0.357 e. The third kappa shape index (κ3) is 1.65. The maximum absolute atomic E-state index is 5.76. The van der Waals surface area contributed by atoms with Crippen LogP contribution in [-0.4, -0.2) is 4.98 Å². The predicted molar refractivity (Wildman–Crippen MR) is 65.0 cm³/mol. The lowest BCUT2D eigenvalue weighted by molar-refractivity contribution is 0.841. The molecule has 0 bridgehead atoms. The minimum absolute atomic E-state index is 0.513. The van der Waals surface area contributed by atoms with Gasteiger partial charge < -0.3 is 10.7 Å². The molecule has 2 heteroatoms. The van der Waals surface area contributed by atoms with E-state index in [-0.39, 0.29) is 0 Å². The van der Waals surface area contributed by atoms with Gasteiger partial charge in [-0.25, -0.2) is 0 Å². The van der Waals surface area contributed by atoms with Crippen molar-refractivity contribution in [3.63, 3.8) is 0 Å². The van der Waals surface area contributed by atoms with Gasteiger partial charge in [-0.15, -0.1) is 0 Å². The molecular formula is C13H18N2. The number of rotatable bonds is 2. The van der Waals surface area contributed by atoms with Crippen molar-refractivity contribution in [2.75, 3.05) is 0 Å². The first-order valence-corrected chi connectivity index (χ1v) is 5.44. The molecule has 0 saturated heterocycles. The van der Waals surface area contributed by atoms with Crippen LogP contribution in [0, 0.1) is 6.92 Å². The van der Waals surface area contributed by atoms with E-state index in [4.69, 9.17) is 5.73 Å². The summed E-state index contributed by atoms with van der Waals surface area (Å²) in [5.41, 5.74) is 10.8. The Morgan fingerprint density at radius 1 is 1.33 bits per heavy atom. The molecule has 0 radical (unpaired) electrons. The molecule has 0 fully saturated rings. The van der Waals surface area contributed by atoms with Crippen LogP contribution >= 0.6 is 0 Å². The minimum atomic E-state index is 0.513. The van der Waals surface area contributed by atoms with E-state index in [1.54, 1.807) is 0 Å². The van der Waals surface area contributed by atoms with Crippen LogP contribution in [-0.2, 0) is 6.54 Å². The van der Waals surface area contributed by atoms with E-state index in [0.29, 0.717) is 12.5 Å². The number of nitrogens with one attached hydrogen (secondary N) is 1. The summed E-state index contributed by atoms with van der Waals surface area (Å²) in [6, 6.07) is 6.50. The van der Waals surface area contributed by atoms with Gasteiger partial charge in [-0.2, -0.15) is 0 Å². The van der Waals surface area contributed by atoms with Gasteiger partial charge in [-0.3, -0.25) is 0 Å². The standard InChI is InChI=1S/C13H18N2/c1-8(2)13-10-6-9(3)4-5-11(10)15-12(13)7-14/h4-6,8,15H,7,14H2,1-3H3. The molecule has 0 amide bonds. The molecule has 3 N–H and O–H groups in total. The molecule has 0 aliphatic carbocycles. The molecule has 80 valence electrons. The number of aryl methyl sites for hydroxylation is 1. The lowest BCUT2D eigenvalue weighted by Gasteiger charge is -2.06. The zero-order valence-corrected chi connectivity index (χ0v) is 9.59. The highest BCUT2D eigenvalue weighted by Gasteiger charge is 2.12. The van der Waals surface area contributed by atoms with Gasteiger partial charge in [0, 0.05) is 23.1 Å². The molecule has 1 aromatic heterocycles. The maximum Gasteiger partial charge on any atom is 0.0459 e. The SMILES string of the molecule is Cc1ccc2[nH]c(CN)c(C(C)C)c2c1. The van der Waals surface area contributed by atoms with Gasteiger partial charge in [-0.05, 0) is 30.5 Å². The van der Waals surface area contributed by atoms with Crippen LogP contribution in [0.15, 0.2) is 18.2 Å². The van der Waals surface area contributed by atoms with Crippen LogP contribution in [0.4, 0.5) is 0 Å². The molecule has 2 nitrogen and oxygen atoms in total. The largest absolute Gasteiger partial charge is 0.357 e. The smallest absolute Gasteiger partial charge is 0.0459 e. The Bertz CT molecular complexity index is 480. The van der Waals surface area contributed by atoms with Gasteiger partial charge >= 0.3 is 0 Å². The monoisotopic (exact) mass is 202 g/mol. The maximum atomic E-state index is 5.76. The zero-order chi connectivity index (χ0) is 11.0. The van der Waals surface area contributed by atoms with Crippen LogP contribution in [0.3, 0.4) is 0 Å². The quantitative estimate of drug-likeness (QED) is 0.772. The zero-order valence-electron chi connectivity index (χ0n) is 9.59. The lowest BCUT2D eigenvalue weighted by atomic mass is 9.98. The topological polar surface area (TPSA) is 41.8 Å². The van der Waals surface area contributed by atoms with E-state index in [9.17, 15) is 0 Å². The lowest BCUT2D eigenvalue weighted by Crippen LogP contribution is -2.01. The summed E-state index contributed by atoms with van der Waals surface area (Å²) < 4.78 is 0. The molecule has 1 heterocycles. The Balaban J connectivity index is 2.76. The second-order valence-electron chi connectivity index (χ2n) is 4.43.